The van der Waals surface area contributed by atoms with E-state index in [1.165, 1.54) is 11.1 Å². The van der Waals surface area contributed by atoms with Crippen LogP contribution in [0.15, 0.2) is 36.4 Å². The molecule has 0 radical (unpaired) electrons. The zero-order valence-corrected chi connectivity index (χ0v) is 16.2. The molecular weight excluding hydrogens is 355 g/mol. The van der Waals surface area contributed by atoms with E-state index in [1.54, 1.807) is 0 Å². The van der Waals surface area contributed by atoms with E-state index < -0.39 is 0 Å². The average molecular weight is 377 g/mol. The minimum Gasteiger partial charge on any atom is -0.326 e. The summed E-state index contributed by atoms with van der Waals surface area (Å²) < 4.78 is 0. The fraction of sp³-hybridized carbons (Fsp3) is 0.350. The zero-order chi connectivity index (χ0) is 18.1. The van der Waals surface area contributed by atoms with Crippen LogP contribution >= 0.6 is 23.2 Å². The van der Waals surface area contributed by atoms with Gasteiger partial charge in [-0.3, -0.25) is 4.79 Å². The first kappa shape index (κ1) is 18.2. The number of amides is 1. The van der Waals surface area contributed by atoms with E-state index in [9.17, 15) is 4.79 Å². The molecule has 2 aromatic rings. The summed E-state index contributed by atoms with van der Waals surface area (Å²) in [4.78, 5) is 14.1. The molecular formula is C20H22Cl2N2O. The molecule has 25 heavy (non-hydrogen) atoms. The molecule has 1 unspecified atom stereocenters. The van der Waals surface area contributed by atoms with E-state index in [4.69, 9.17) is 23.2 Å². The molecule has 3 rings (SSSR count). The number of hydrogen-bond donors (Lipinski definition) is 1. The summed E-state index contributed by atoms with van der Waals surface area (Å²) in [6.07, 6.45) is 0. The fourth-order valence-corrected chi connectivity index (χ4v) is 3.78. The lowest BCUT2D eigenvalue weighted by molar-refractivity contribution is -0.118. The van der Waals surface area contributed by atoms with Crippen molar-refractivity contribution in [1.29, 1.82) is 0 Å². The highest BCUT2D eigenvalue weighted by Gasteiger charge is 2.27. The van der Waals surface area contributed by atoms with Gasteiger partial charge in [0.1, 0.15) is 0 Å². The quantitative estimate of drug-likeness (QED) is 0.801. The molecule has 3 nitrogen and oxygen atoms in total. The topological polar surface area (TPSA) is 32.3 Å². The molecule has 132 valence electrons. The third-order valence-corrected chi connectivity index (χ3v) is 5.15. The molecule has 1 aliphatic heterocycles. The summed E-state index contributed by atoms with van der Waals surface area (Å²) in [5.74, 6) is 0.191. The van der Waals surface area contributed by atoms with Gasteiger partial charge < -0.3 is 10.2 Å². The molecule has 1 amide bonds. The van der Waals surface area contributed by atoms with Crippen molar-refractivity contribution in [2.75, 3.05) is 18.9 Å². The van der Waals surface area contributed by atoms with Crippen LogP contribution < -0.4 is 5.32 Å². The van der Waals surface area contributed by atoms with Gasteiger partial charge in [0, 0.05) is 40.7 Å². The third kappa shape index (κ3) is 4.00. The summed E-state index contributed by atoms with van der Waals surface area (Å²) in [5.41, 5.74) is 4.33. The Hall–Kier alpha value is -1.55. The number of halogens is 2. The van der Waals surface area contributed by atoms with Crippen LogP contribution in [0.4, 0.5) is 5.69 Å². The molecule has 1 aliphatic rings. The van der Waals surface area contributed by atoms with Crippen LogP contribution in [0.25, 0.3) is 0 Å². The van der Waals surface area contributed by atoms with Crippen molar-refractivity contribution in [3.8, 4) is 0 Å². The van der Waals surface area contributed by atoms with E-state index in [1.807, 2.05) is 38.1 Å². The molecule has 0 bridgehead atoms. The van der Waals surface area contributed by atoms with E-state index in [0.717, 1.165) is 29.4 Å². The van der Waals surface area contributed by atoms with Gasteiger partial charge in [-0.2, -0.15) is 0 Å². The first-order valence-electron chi connectivity index (χ1n) is 8.42. The largest absolute Gasteiger partial charge is 0.326 e. The van der Waals surface area contributed by atoms with Gasteiger partial charge in [-0.1, -0.05) is 49.2 Å². The molecule has 1 heterocycles. The summed E-state index contributed by atoms with van der Waals surface area (Å²) in [6, 6.07) is 11.9. The number of likely N-dealkylation sites (N-methyl/N-ethyl adjacent to an activating group) is 1. The predicted molar refractivity (Wildman–Crippen MR) is 105 cm³/mol. The second-order valence-electron chi connectivity index (χ2n) is 6.97. The Morgan fingerprint density at radius 1 is 1.20 bits per heavy atom. The molecule has 2 aromatic carbocycles. The van der Waals surface area contributed by atoms with E-state index in [-0.39, 0.29) is 17.7 Å². The molecule has 0 aromatic heterocycles. The second-order valence-corrected chi connectivity index (χ2v) is 7.81. The number of rotatable bonds is 3. The number of nitrogens with zero attached hydrogens (tertiary/aromatic N) is 1. The summed E-state index contributed by atoms with van der Waals surface area (Å²) >= 11 is 12.7. The Morgan fingerprint density at radius 2 is 1.88 bits per heavy atom. The predicted octanol–water partition coefficient (Wildman–Crippen LogP) is 5.17. The van der Waals surface area contributed by atoms with Crippen molar-refractivity contribution in [2.45, 2.75) is 26.3 Å². The van der Waals surface area contributed by atoms with Crippen LogP contribution in [0.3, 0.4) is 0 Å². The maximum atomic E-state index is 11.8. The average Bonchev–Trinajstić information content (AvgIpc) is 2.55. The number of fused-ring (bicyclic) bond motifs is 1. The van der Waals surface area contributed by atoms with E-state index in [0.29, 0.717) is 5.02 Å². The first-order valence-corrected chi connectivity index (χ1v) is 9.18. The lowest BCUT2D eigenvalue weighted by atomic mass is 9.84. The highest BCUT2D eigenvalue weighted by Crippen LogP contribution is 2.38. The highest BCUT2D eigenvalue weighted by molar-refractivity contribution is 6.35. The highest BCUT2D eigenvalue weighted by atomic mass is 35.5. The monoisotopic (exact) mass is 376 g/mol. The Bertz CT molecular complexity index is 787. The minimum atomic E-state index is -0.0390. The molecule has 0 saturated heterocycles. The van der Waals surface area contributed by atoms with E-state index in [2.05, 4.69) is 29.4 Å². The number of carbonyl (C=O) groups excluding carboxylic acids is 1. The summed E-state index contributed by atoms with van der Waals surface area (Å²) in [6.45, 7) is 5.49. The minimum absolute atomic E-state index is 0.0223. The third-order valence-electron chi connectivity index (χ3n) is 4.60. The number of anilines is 1. The normalized spacial score (nSPS) is 17.4. The number of nitrogens with one attached hydrogen (secondary N) is 1. The molecule has 0 fully saturated rings. The molecule has 1 N–H and O–H groups in total. The van der Waals surface area contributed by atoms with Crippen LogP contribution in [-0.2, 0) is 11.3 Å². The molecule has 0 spiro atoms. The molecule has 0 saturated carbocycles. The Kier molecular flexibility index (Phi) is 5.38. The molecule has 5 heteroatoms. The zero-order valence-electron chi connectivity index (χ0n) is 14.6. The molecule has 0 aliphatic carbocycles. The van der Waals surface area contributed by atoms with Gasteiger partial charge in [-0.15, -0.1) is 0 Å². The Morgan fingerprint density at radius 3 is 2.52 bits per heavy atom. The van der Waals surface area contributed by atoms with Gasteiger partial charge in [0.15, 0.2) is 0 Å². The smallest absolute Gasteiger partial charge is 0.226 e. The first-order chi connectivity index (χ1) is 11.8. The van der Waals surface area contributed by atoms with Crippen molar-refractivity contribution < 1.29 is 4.79 Å². The van der Waals surface area contributed by atoms with Crippen molar-refractivity contribution in [1.82, 2.24) is 4.90 Å². The van der Waals surface area contributed by atoms with Gasteiger partial charge in [0.25, 0.3) is 0 Å². The van der Waals surface area contributed by atoms with Crippen molar-refractivity contribution >= 4 is 34.8 Å². The number of benzene rings is 2. The van der Waals surface area contributed by atoms with Crippen LogP contribution in [-0.4, -0.2) is 24.4 Å². The van der Waals surface area contributed by atoms with Crippen molar-refractivity contribution in [3.05, 3.63) is 63.1 Å². The lowest BCUT2D eigenvalue weighted by Gasteiger charge is -2.33. The van der Waals surface area contributed by atoms with E-state index >= 15 is 0 Å². The molecule has 1 atom stereocenters. The summed E-state index contributed by atoms with van der Waals surface area (Å²) in [7, 11) is 2.10. The Balaban J connectivity index is 1.91. The summed E-state index contributed by atoms with van der Waals surface area (Å²) in [5, 5.41) is 4.31. The standard InChI is InChI=1S/C20H22Cl2N2O/c1-12(2)20(25)23-15-6-4-13(5-7-15)17-10-24(3)11-18-16(17)8-14(21)9-19(18)22/h4-9,12,17H,10-11H2,1-3H3,(H,23,25). The second kappa shape index (κ2) is 7.36. The van der Waals surface area contributed by atoms with Crippen LogP contribution in [0.5, 0.6) is 0 Å². The van der Waals surface area contributed by atoms with Gasteiger partial charge in [-0.05, 0) is 48.0 Å². The van der Waals surface area contributed by atoms with Gasteiger partial charge >= 0.3 is 0 Å². The van der Waals surface area contributed by atoms with Gasteiger partial charge in [0.2, 0.25) is 5.91 Å². The van der Waals surface area contributed by atoms with Crippen LogP contribution in [0.1, 0.15) is 36.5 Å². The number of hydrogen-bond acceptors (Lipinski definition) is 2. The Labute approximate surface area is 158 Å². The van der Waals surface area contributed by atoms with Crippen LogP contribution in [0.2, 0.25) is 10.0 Å². The SMILES string of the molecule is CC(C)C(=O)Nc1ccc(C2CN(C)Cc3c(Cl)cc(Cl)cc32)cc1. The number of carbonyl (C=O) groups is 1. The maximum absolute atomic E-state index is 11.8. The van der Waals surface area contributed by atoms with Crippen LogP contribution in [0, 0.1) is 5.92 Å². The lowest BCUT2D eigenvalue weighted by Crippen LogP contribution is -2.31. The fourth-order valence-electron chi connectivity index (χ4n) is 3.22. The van der Waals surface area contributed by atoms with Crippen molar-refractivity contribution in [3.63, 3.8) is 0 Å². The van der Waals surface area contributed by atoms with Gasteiger partial charge in [0.05, 0.1) is 0 Å². The van der Waals surface area contributed by atoms with Gasteiger partial charge in [-0.25, -0.2) is 0 Å². The maximum Gasteiger partial charge on any atom is 0.226 e. The van der Waals surface area contributed by atoms with Crippen molar-refractivity contribution in [2.24, 2.45) is 5.92 Å².